The van der Waals surface area contributed by atoms with E-state index in [1.54, 1.807) is 0 Å². The van der Waals surface area contributed by atoms with Crippen LogP contribution in [0.15, 0.2) is 250 Å². The Morgan fingerprint density at radius 2 is 0.393 bits per heavy atom. The number of nitrogens with zero attached hydrogens (tertiary/aromatic N) is 4. The third-order valence-electron chi connectivity index (χ3n) is 10.4. The van der Waals surface area contributed by atoms with Crippen molar-refractivity contribution < 1.29 is 0 Å². The molecule has 9 aromatic rings. The smallest absolute Gasteiger partial charge is 0.0472 e. The molecule has 0 bridgehead atoms. The van der Waals surface area contributed by atoms with Gasteiger partial charge in [0.15, 0.2) is 0 Å². The van der Waals surface area contributed by atoms with Gasteiger partial charge in [-0.1, -0.05) is 108 Å². The fourth-order valence-electron chi connectivity index (χ4n) is 7.57. The molecule has 0 heterocycles. The van der Waals surface area contributed by atoms with Gasteiger partial charge in [-0.05, 0) is 176 Å². The fourth-order valence-corrected chi connectivity index (χ4v) is 8.48. The van der Waals surface area contributed by atoms with E-state index >= 15 is 0 Å². The fraction of sp³-hybridized carbons (Fsp3) is 0. The van der Waals surface area contributed by atoms with Crippen LogP contribution in [0.25, 0.3) is 0 Å². The van der Waals surface area contributed by atoms with E-state index in [1.807, 2.05) is 0 Å². The molecule has 0 spiro atoms. The topological polar surface area (TPSA) is 13.0 Å². The van der Waals surface area contributed by atoms with Gasteiger partial charge in [-0.25, -0.2) is 0 Å². The Morgan fingerprint density at radius 3 is 0.656 bits per heavy atom. The number of hydrogen-bond acceptors (Lipinski definition) is 4. The van der Waals surface area contributed by atoms with Gasteiger partial charge >= 0.3 is 0 Å². The second-order valence-electron chi connectivity index (χ2n) is 14.3. The molecule has 0 saturated heterocycles. The Hall–Kier alpha value is -6.38. The lowest BCUT2D eigenvalue weighted by atomic mass is 10.1. The van der Waals surface area contributed by atoms with Gasteiger partial charge in [-0.2, -0.15) is 0 Å². The lowest BCUT2D eigenvalue weighted by molar-refractivity contribution is 1.24. The highest BCUT2D eigenvalue weighted by Crippen LogP contribution is 2.43. The van der Waals surface area contributed by atoms with E-state index in [4.69, 9.17) is 0 Å². The number of rotatable bonds is 12. The highest BCUT2D eigenvalue weighted by Gasteiger charge is 2.19. The average Bonchev–Trinajstić information content (AvgIpc) is 3.31. The van der Waals surface area contributed by atoms with E-state index in [0.29, 0.717) is 0 Å². The maximum Gasteiger partial charge on any atom is 0.0472 e. The van der Waals surface area contributed by atoms with Crippen LogP contribution in [0.4, 0.5) is 68.2 Å². The first-order valence-electron chi connectivity index (χ1n) is 19.9. The molecule has 0 fully saturated rings. The molecule has 61 heavy (non-hydrogen) atoms. The Balaban J connectivity index is 1.13. The second-order valence-corrected chi connectivity index (χ2v) is 17.1. The standard InChI is InChI=1S/C54H39Br3N4/c55-40-19-23-46(24-20-40)58(43-12-4-1-5-13-43)48-27-31-50(32-28-48)60(51-33-29-49(30-34-51)59(44-14-6-2-7-15-44)47-25-21-41(56)22-26-47)52-35-37-53(38-36-52)61(45-16-8-3-9-17-45)54-18-10-11-42(57)39-54/h1-39H. The highest BCUT2D eigenvalue weighted by atomic mass is 79.9. The maximum absolute atomic E-state index is 3.70. The van der Waals surface area contributed by atoms with Gasteiger partial charge in [0.05, 0.1) is 0 Å². The van der Waals surface area contributed by atoms with Crippen molar-refractivity contribution >= 4 is 116 Å². The molecule has 0 aliphatic rings. The molecule has 9 aromatic carbocycles. The van der Waals surface area contributed by atoms with E-state index in [9.17, 15) is 0 Å². The summed E-state index contributed by atoms with van der Waals surface area (Å²) in [6.07, 6.45) is 0. The summed E-state index contributed by atoms with van der Waals surface area (Å²) in [7, 11) is 0. The van der Waals surface area contributed by atoms with Crippen LogP contribution in [0.5, 0.6) is 0 Å². The molecule has 0 N–H and O–H groups in total. The van der Waals surface area contributed by atoms with E-state index in [0.717, 1.165) is 81.7 Å². The Bertz CT molecular complexity index is 2670. The van der Waals surface area contributed by atoms with Crippen molar-refractivity contribution in [3.63, 3.8) is 0 Å². The Kier molecular flexibility index (Phi) is 12.1. The van der Waals surface area contributed by atoms with Crippen LogP contribution in [-0.4, -0.2) is 0 Å². The van der Waals surface area contributed by atoms with Gasteiger partial charge in [-0.3, -0.25) is 0 Å². The summed E-state index contributed by atoms with van der Waals surface area (Å²) in [5.41, 5.74) is 12.8. The zero-order valence-electron chi connectivity index (χ0n) is 32.9. The van der Waals surface area contributed by atoms with E-state index in [2.05, 4.69) is 304 Å². The van der Waals surface area contributed by atoms with Crippen LogP contribution >= 0.6 is 47.8 Å². The summed E-state index contributed by atoms with van der Waals surface area (Å²) in [6, 6.07) is 83.3. The number of anilines is 12. The molecule has 0 unspecified atom stereocenters. The molecule has 0 saturated carbocycles. The first-order valence-corrected chi connectivity index (χ1v) is 22.3. The van der Waals surface area contributed by atoms with Crippen molar-refractivity contribution in [2.45, 2.75) is 0 Å². The first kappa shape index (κ1) is 40.0. The number of para-hydroxylation sites is 3. The molecular formula is C54H39Br3N4. The average molecular weight is 984 g/mol. The summed E-state index contributed by atoms with van der Waals surface area (Å²) in [6.45, 7) is 0. The minimum Gasteiger partial charge on any atom is -0.311 e. The summed E-state index contributed by atoms with van der Waals surface area (Å²) >= 11 is 10.9. The monoisotopic (exact) mass is 980 g/mol. The van der Waals surface area contributed by atoms with Crippen LogP contribution in [0.2, 0.25) is 0 Å². The molecular weight excluding hydrogens is 944 g/mol. The largest absolute Gasteiger partial charge is 0.311 e. The van der Waals surface area contributed by atoms with Crippen molar-refractivity contribution in [2.75, 3.05) is 19.6 Å². The number of halogens is 3. The summed E-state index contributed by atoms with van der Waals surface area (Å²) in [5, 5.41) is 0. The quantitative estimate of drug-likeness (QED) is 0.121. The maximum atomic E-state index is 3.70. The molecule has 0 radical (unpaired) electrons. The molecule has 9 rings (SSSR count). The van der Waals surface area contributed by atoms with E-state index < -0.39 is 0 Å². The molecule has 296 valence electrons. The highest BCUT2D eigenvalue weighted by molar-refractivity contribution is 9.11. The van der Waals surface area contributed by atoms with Crippen molar-refractivity contribution in [1.82, 2.24) is 0 Å². The van der Waals surface area contributed by atoms with Crippen LogP contribution in [0, 0.1) is 0 Å². The van der Waals surface area contributed by atoms with Crippen molar-refractivity contribution in [2.24, 2.45) is 0 Å². The normalized spacial score (nSPS) is 10.9. The third-order valence-corrected chi connectivity index (χ3v) is 11.9. The van der Waals surface area contributed by atoms with Crippen molar-refractivity contribution in [1.29, 1.82) is 0 Å². The number of benzene rings is 9. The number of hydrogen-bond donors (Lipinski definition) is 0. The third kappa shape index (κ3) is 9.05. The Labute approximate surface area is 383 Å². The molecule has 0 aliphatic heterocycles. The van der Waals surface area contributed by atoms with Crippen LogP contribution < -0.4 is 19.6 Å². The lowest BCUT2D eigenvalue weighted by Crippen LogP contribution is -2.13. The first-order chi connectivity index (χ1) is 30.0. The van der Waals surface area contributed by atoms with Crippen LogP contribution in [0.3, 0.4) is 0 Å². The molecule has 0 atom stereocenters. The van der Waals surface area contributed by atoms with Gasteiger partial charge < -0.3 is 19.6 Å². The summed E-state index contributed by atoms with van der Waals surface area (Å²) in [4.78, 5) is 9.17. The van der Waals surface area contributed by atoms with Crippen LogP contribution in [-0.2, 0) is 0 Å². The van der Waals surface area contributed by atoms with E-state index in [-0.39, 0.29) is 0 Å². The zero-order chi connectivity index (χ0) is 41.5. The van der Waals surface area contributed by atoms with Gasteiger partial charge in [0, 0.05) is 81.7 Å². The Morgan fingerprint density at radius 1 is 0.180 bits per heavy atom. The second kappa shape index (κ2) is 18.5. The SMILES string of the molecule is Brc1ccc(N(c2ccccc2)c2ccc(N(c3ccc(N(c4ccccc4)c4ccc(Br)cc4)cc3)c3ccc(N(c4ccccc4)c4cccc(Br)c4)cc3)cc2)cc1. The summed E-state index contributed by atoms with van der Waals surface area (Å²) in [5.74, 6) is 0. The van der Waals surface area contributed by atoms with Crippen molar-refractivity contribution in [3.8, 4) is 0 Å². The van der Waals surface area contributed by atoms with Crippen molar-refractivity contribution in [3.05, 3.63) is 250 Å². The van der Waals surface area contributed by atoms with Gasteiger partial charge in [0.25, 0.3) is 0 Å². The predicted molar refractivity (Wildman–Crippen MR) is 268 cm³/mol. The molecule has 0 amide bonds. The zero-order valence-corrected chi connectivity index (χ0v) is 37.7. The lowest BCUT2D eigenvalue weighted by Gasteiger charge is -2.30. The minimum absolute atomic E-state index is 1.03. The minimum atomic E-state index is 1.03. The summed E-state index contributed by atoms with van der Waals surface area (Å²) < 4.78 is 3.11. The van der Waals surface area contributed by atoms with Gasteiger partial charge in [0.1, 0.15) is 0 Å². The molecule has 7 heteroatoms. The molecule has 0 aliphatic carbocycles. The van der Waals surface area contributed by atoms with Gasteiger partial charge in [-0.15, -0.1) is 0 Å². The van der Waals surface area contributed by atoms with Crippen LogP contribution in [0.1, 0.15) is 0 Å². The van der Waals surface area contributed by atoms with Gasteiger partial charge in [0.2, 0.25) is 0 Å². The predicted octanol–water partition coefficient (Wildman–Crippen LogP) is 17.9. The van der Waals surface area contributed by atoms with E-state index in [1.165, 1.54) is 0 Å². The molecule has 4 nitrogen and oxygen atoms in total. The molecule has 0 aromatic heterocycles.